The van der Waals surface area contributed by atoms with Gasteiger partial charge in [-0.3, -0.25) is 0 Å². The normalized spacial score (nSPS) is 11.8. The number of rotatable bonds is 5. The minimum Gasteiger partial charge on any atom is -0.478 e. The molecule has 0 aliphatic heterocycles. The van der Waals surface area contributed by atoms with Gasteiger partial charge in [-0.15, -0.1) is 0 Å². The first-order valence-electron chi connectivity index (χ1n) is 5.25. The fourth-order valence-electron chi connectivity index (χ4n) is 1.33. The Balaban J connectivity index is 3.29. The summed E-state index contributed by atoms with van der Waals surface area (Å²) >= 11 is 0. The van der Waals surface area contributed by atoms with Crippen molar-refractivity contribution < 1.29 is 27.1 Å². The molecule has 0 radical (unpaired) electrons. The quantitative estimate of drug-likeness (QED) is 0.876. The highest BCUT2D eigenvalue weighted by atomic mass is 32.2. The predicted molar refractivity (Wildman–Crippen MR) is 63.9 cm³/mol. The number of carbonyl (C=O) groups is 1. The highest BCUT2D eigenvalue weighted by Crippen LogP contribution is 2.21. The van der Waals surface area contributed by atoms with Gasteiger partial charge in [-0.2, -0.15) is 0 Å². The summed E-state index contributed by atoms with van der Waals surface area (Å²) in [6.07, 6.45) is 0. The second-order valence-electron chi connectivity index (χ2n) is 4.20. The van der Waals surface area contributed by atoms with Crippen molar-refractivity contribution in [1.29, 1.82) is 0 Å². The maximum absolute atomic E-state index is 13.5. The first-order valence-corrected chi connectivity index (χ1v) is 6.90. The van der Waals surface area contributed by atoms with Crippen molar-refractivity contribution in [3.8, 4) is 0 Å². The molecule has 0 bridgehead atoms. The summed E-state index contributed by atoms with van der Waals surface area (Å²) < 4.78 is 50.4. The molecule has 0 aromatic heterocycles. The Morgan fingerprint density at radius 2 is 1.89 bits per heavy atom. The summed E-state index contributed by atoms with van der Waals surface area (Å²) in [5, 5.41) is 8.72. The third kappa shape index (κ3) is 3.71. The summed E-state index contributed by atoms with van der Waals surface area (Å²) in [5.74, 6) is -5.01. The molecule has 0 fully saturated rings. The monoisotopic (exact) mass is 293 g/mol. The average molecular weight is 293 g/mol. The number of sulfone groups is 1. The van der Waals surface area contributed by atoms with Crippen LogP contribution in [0.5, 0.6) is 0 Å². The fraction of sp³-hybridized carbons (Fsp3) is 0.364. The number of halogens is 2. The number of carboxylic acids is 1. The summed E-state index contributed by atoms with van der Waals surface area (Å²) in [5.41, 5.74) is -0.609. The van der Waals surface area contributed by atoms with E-state index in [1.165, 1.54) is 0 Å². The molecule has 0 aliphatic carbocycles. The van der Waals surface area contributed by atoms with Crippen molar-refractivity contribution in [3.05, 3.63) is 29.3 Å². The van der Waals surface area contributed by atoms with Gasteiger partial charge in [-0.25, -0.2) is 22.0 Å². The van der Waals surface area contributed by atoms with Gasteiger partial charge in [0.2, 0.25) is 0 Å². The van der Waals surface area contributed by atoms with Crippen molar-refractivity contribution in [3.63, 3.8) is 0 Å². The Labute approximate surface area is 109 Å². The largest absolute Gasteiger partial charge is 0.478 e. The number of aromatic carboxylic acids is 1. The smallest absolute Gasteiger partial charge is 0.335 e. The van der Waals surface area contributed by atoms with Gasteiger partial charge in [0.15, 0.2) is 21.5 Å². The zero-order chi connectivity index (χ0) is 14.8. The lowest BCUT2D eigenvalue weighted by molar-refractivity contribution is 0.0696. The molecule has 0 saturated carbocycles. The molecule has 19 heavy (non-hydrogen) atoms. The molecule has 1 rings (SSSR count). The van der Waals surface area contributed by atoms with E-state index in [0.29, 0.717) is 12.1 Å². The molecular formula is C11H13F2NO4S. The molecule has 0 atom stereocenters. The zero-order valence-corrected chi connectivity index (χ0v) is 11.2. The second kappa shape index (κ2) is 5.62. The van der Waals surface area contributed by atoms with E-state index in [1.54, 1.807) is 19.0 Å². The van der Waals surface area contributed by atoms with E-state index in [9.17, 15) is 22.0 Å². The topological polar surface area (TPSA) is 74.7 Å². The zero-order valence-electron chi connectivity index (χ0n) is 10.4. The van der Waals surface area contributed by atoms with Crippen LogP contribution in [0.1, 0.15) is 10.4 Å². The highest BCUT2D eigenvalue weighted by molar-refractivity contribution is 7.91. The molecule has 1 N–H and O–H groups in total. The molecule has 5 nitrogen and oxygen atoms in total. The maximum Gasteiger partial charge on any atom is 0.335 e. The van der Waals surface area contributed by atoms with Crippen molar-refractivity contribution in [1.82, 2.24) is 4.90 Å². The lowest BCUT2D eigenvalue weighted by atomic mass is 10.2. The first-order chi connectivity index (χ1) is 8.65. The van der Waals surface area contributed by atoms with E-state index < -0.39 is 43.7 Å². The van der Waals surface area contributed by atoms with Gasteiger partial charge in [0.25, 0.3) is 0 Å². The lowest BCUT2D eigenvalue weighted by Crippen LogP contribution is -2.23. The minimum atomic E-state index is -4.08. The van der Waals surface area contributed by atoms with Crippen molar-refractivity contribution in [2.75, 3.05) is 26.4 Å². The Kier molecular flexibility index (Phi) is 4.59. The van der Waals surface area contributed by atoms with Crippen LogP contribution in [0.25, 0.3) is 0 Å². The van der Waals surface area contributed by atoms with Gasteiger partial charge in [0.1, 0.15) is 4.90 Å². The Hall–Kier alpha value is -1.54. The molecule has 8 heteroatoms. The van der Waals surface area contributed by atoms with Gasteiger partial charge >= 0.3 is 5.97 Å². The molecule has 0 amide bonds. The molecule has 0 heterocycles. The van der Waals surface area contributed by atoms with Crippen molar-refractivity contribution in [2.24, 2.45) is 0 Å². The molecule has 0 spiro atoms. The van der Waals surface area contributed by atoms with E-state index in [0.717, 1.165) is 0 Å². The second-order valence-corrected chi connectivity index (χ2v) is 6.28. The minimum absolute atomic E-state index is 0.112. The van der Waals surface area contributed by atoms with Crippen LogP contribution in [-0.2, 0) is 9.84 Å². The SMILES string of the molecule is CN(C)CCS(=O)(=O)c1cc(C(=O)O)cc(F)c1F. The van der Waals surface area contributed by atoms with Gasteiger partial charge in [0, 0.05) is 6.54 Å². The number of nitrogens with zero attached hydrogens (tertiary/aromatic N) is 1. The van der Waals surface area contributed by atoms with Gasteiger partial charge in [0.05, 0.1) is 11.3 Å². The number of carboxylic acid groups (broad SMARTS) is 1. The molecule has 1 aromatic carbocycles. The summed E-state index contributed by atoms with van der Waals surface area (Å²) in [4.78, 5) is 11.4. The van der Waals surface area contributed by atoms with Crippen molar-refractivity contribution >= 4 is 15.8 Å². The third-order valence-corrected chi connectivity index (χ3v) is 4.07. The van der Waals surface area contributed by atoms with Crippen LogP contribution in [-0.4, -0.2) is 50.8 Å². The van der Waals surface area contributed by atoms with Gasteiger partial charge in [-0.1, -0.05) is 0 Å². The predicted octanol–water partition coefficient (Wildman–Crippen LogP) is 0.998. The summed E-state index contributed by atoms with van der Waals surface area (Å²) in [6.45, 7) is 0.112. The molecule has 0 unspecified atom stereocenters. The molecule has 1 aromatic rings. The lowest BCUT2D eigenvalue weighted by Gasteiger charge is -2.11. The number of hydrogen-bond donors (Lipinski definition) is 1. The highest BCUT2D eigenvalue weighted by Gasteiger charge is 2.24. The maximum atomic E-state index is 13.5. The van der Waals surface area contributed by atoms with Crippen LogP contribution in [0.3, 0.4) is 0 Å². The van der Waals surface area contributed by atoms with E-state index in [-0.39, 0.29) is 6.54 Å². The van der Waals surface area contributed by atoms with E-state index in [2.05, 4.69) is 0 Å². The van der Waals surface area contributed by atoms with Crippen molar-refractivity contribution in [2.45, 2.75) is 4.90 Å². The Morgan fingerprint density at radius 1 is 1.32 bits per heavy atom. The number of benzene rings is 1. The molecule has 0 saturated heterocycles. The van der Waals surface area contributed by atoms with Crippen LogP contribution in [0.2, 0.25) is 0 Å². The summed E-state index contributed by atoms with van der Waals surface area (Å²) in [7, 11) is -0.834. The van der Waals surface area contributed by atoms with Crippen LogP contribution in [0.4, 0.5) is 8.78 Å². The van der Waals surface area contributed by atoms with Crippen LogP contribution in [0.15, 0.2) is 17.0 Å². The molecule has 0 aliphatic rings. The Bertz CT molecular complexity index is 599. The number of hydrogen-bond acceptors (Lipinski definition) is 4. The summed E-state index contributed by atoms with van der Waals surface area (Å²) in [6, 6.07) is 1.08. The molecular weight excluding hydrogens is 280 g/mol. The van der Waals surface area contributed by atoms with Crippen LogP contribution >= 0.6 is 0 Å². The molecule has 106 valence electrons. The fourth-order valence-corrected chi connectivity index (χ4v) is 2.83. The van der Waals surface area contributed by atoms with E-state index in [4.69, 9.17) is 5.11 Å². The van der Waals surface area contributed by atoms with E-state index >= 15 is 0 Å². The van der Waals surface area contributed by atoms with E-state index in [1.807, 2.05) is 0 Å². The standard InChI is InChI=1S/C11H13F2NO4S/c1-14(2)3-4-19(17,18)9-6-7(11(15)16)5-8(12)10(9)13/h5-6H,3-4H2,1-2H3,(H,15,16). The van der Waals surface area contributed by atoms with Crippen LogP contribution < -0.4 is 0 Å². The Morgan fingerprint density at radius 3 is 2.37 bits per heavy atom. The third-order valence-electron chi connectivity index (χ3n) is 2.38. The van der Waals surface area contributed by atoms with Gasteiger partial charge < -0.3 is 10.0 Å². The van der Waals surface area contributed by atoms with Crippen LogP contribution in [0, 0.1) is 11.6 Å². The first kappa shape index (κ1) is 15.5. The average Bonchev–Trinajstić information content (AvgIpc) is 2.29. The van der Waals surface area contributed by atoms with Gasteiger partial charge in [-0.05, 0) is 26.2 Å².